The highest BCUT2D eigenvalue weighted by Gasteiger charge is 2.61. The summed E-state index contributed by atoms with van der Waals surface area (Å²) >= 11 is 0. The van der Waals surface area contributed by atoms with E-state index in [9.17, 15) is 14.4 Å². The number of hydrogen-bond donors (Lipinski definition) is 0. The predicted octanol–water partition coefficient (Wildman–Crippen LogP) is -0.188. The Hall–Kier alpha value is -1.63. The molecule has 7 heteroatoms. The van der Waals surface area contributed by atoms with Gasteiger partial charge in [0.1, 0.15) is 12.2 Å². The zero-order valence-electron chi connectivity index (χ0n) is 11.1. The van der Waals surface area contributed by atoms with Gasteiger partial charge in [-0.15, -0.1) is 0 Å². The molecule has 3 heterocycles. The van der Waals surface area contributed by atoms with Crippen molar-refractivity contribution in [3.8, 4) is 0 Å². The van der Waals surface area contributed by atoms with E-state index in [0.717, 1.165) is 0 Å². The van der Waals surface area contributed by atoms with Gasteiger partial charge in [0.05, 0.1) is 18.6 Å². The molecule has 0 amide bonds. The standard InChI is InChI=1S/C13H16O7/c1-2-9(14)17-5-10(15)19-8-3-7-6-4-18-13(16)11(6)12(8)20-7/h6-8,11-12H,2-5H2,1H3. The summed E-state index contributed by atoms with van der Waals surface area (Å²) in [6.45, 7) is 1.63. The minimum absolute atomic E-state index is 0.0837. The lowest BCUT2D eigenvalue weighted by molar-refractivity contribution is -0.165. The number of rotatable bonds is 4. The summed E-state index contributed by atoms with van der Waals surface area (Å²) in [5.74, 6) is -1.59. The molecule has 3 fully saturated rings. The molecule has 5 unspecified atom stereocenters. The van der Waals surface area contributed by atoms with E-state index in [1.165, 1.54) is 0 Å². The van der Waals surface area contributed by atoms with Gasteiger partial charge in [-0.1, -0.05) is 6.92 Å². The predicted molar refractivity (Wildman–Crippen MR) is 62.3 cm³/mol. The summed E-state index contributed by atoms with van der Waals surface area (Å²) in [5.41, 5.74) is 0. The molecule has 0 aromatic rings. The van der Waals surface area contributed by atoms with Crippen LogP contribution in [0.25, 0.3) is 0 Å². The Morgan fingerprint density at radius 2 is 2.15 bits per heavy atom. The van der Waals surface area contributed by atoms with E-state index in [1.54, 1.807) is 6.92 Å². The van der Waals surface area contributed by atoms with Gasteiger partial charge < -0.3 is 18.9 Å². The van der Waals surface area contributed by atoms with Crippen LogP contribution in [-0.2, 0) is 33.3 Å². The Morgan fingerprint density at radius 3 is 2.90 bits per heavy atom. The maximum Gasteiger partial charge on any atom is 0.344 e. The van der Waals surface area contributed by atoms with Crippen LogP contribution >= 0.6 is 0 Å². The van der Waals surface area contributed by atoms with E-state index in [4.69, 9.17) is 18.9 Å². The van der Waals surface area contributed by atoms with E-state index in [-0.39, 0.29) is 30.3 Å². The lowest BCUT2D eigenvalue weighted by atomic mass is 9.80. The van der Waals surface area contributed by atoms with Crippen molar-refractivity contribution >= 4 is 17.9 Å². The zero-order valence-corrected chi connectivity index (χ0v) is 11.1. The fraction of sp³-hybridized carbons (Fsp3) is 0.769. The molecule has 0 N–H and O–H groups in total. The molecule has 5 atom stereocenters. The SMILES string of the molecule is CCC(=O)OCC(=O)OC1CC2OC1C1C(=O)OCC21. The molecule has 0 saturated carbocycles. The van der Waals surface area contributed by atoms with Gasteiger partial charge in [0, 0.05) is 18.8 Å². The molecule has 0 aromatic heterocycles. The summed E-state index contributed by atoms with van der Waals surface area (Å²) in [4.78, 5) is 34.2. The summed E-state index contributed by atoms with van der Waals surface area (Å²) < 4.78 is 20.7. The van der Waals surface area contributed by atoms with Crippen LogP contribution in [0.3, 0.4) is 0 Å². The Kier molecular flexibility index (Phi) is 3.37. The molecule has 0 aromatic carbocycles. The molecule has 3 saturated heterocycles. The molecule has 20 heavy (non-hydrogen) atoms. The van der Waals surface area contributed by atoms with Crippen LogP contribution in [0.4, 0.5) is 0 Å². The molecule has 0 spiro atoms. The number of carbonyl (C=O) groups excluding carboxylic acids is 3. The van der Waals surface area contributed by atoms with Crippen LogP contribution in [0.5, 0.6) is 0 Å². The number of esters is 3. The van der Waals surface area contributed by atoms with Crippen LogP contribution in [0, 0.1) is 11.8 Å². The molecule has 3 aliphatic rings. The highest BCUT2D eigenvalue weighted by atomic mass is 16.6. The largest absolute Gasteiger partial charge is 0.465 e. The van der Waals surface area contributed by atoms with Gasteiger partial charge in [-0.25, -0.2) is 4.79 Å². The first-order valence-corrected chi connectivity index (χ1v) is 6.77. The van der Waals surface area contributed by atoms with E-state index in [2.05, 4.69) is 0 Å². The van der Waals surface area contributed by atoms with Crippen LogP contribution in [0.15, 0.2) is 0 Å². The fourth-order valence-corrected chi connectivity index (χ4v) is 3.13. The van der Waals surface area contributed by atoms with E-state index >= 15 is 0 Å². The Labute approximate surface area is 115 Å². The quantitative estimate of drug-likeness (QED) is 0.522. The summed E-state index contributed by atoms with van der Waals surface area (Å²) in [7, 11) is 0. The zero-order chi connectivity index (χ0) is 14.3. The van der Waals surface area contributed by atoms with Crippen molar-refractivity contribution < 1.29 is 33.3 Å². The van der Waals surface area contributed by atoms with Crippen LogP contribution in [0.1, 0.15) is 19.8 Å². The van der Waals surface area contributed by atoms with Crippen molar-refractivity contribution in [1.82, 2.24) is 0 Å². The third-order valence-corrected chi connectivity index (χ3v) is 4.07. The third kappa shape index (κ3) is 2.15. The molecule has 7 nitrogen and oxygen atoms in total. The van der Waals surface area contributed by atoms with Crippen molar-refractivity contribution in [2.75, 3.05) is 13.2 Å². The molecule has 3 rings (SSSR count). The fourth-order valence-electron chi connectivity index (χ4n) is 3.13. The van der Waals surface area contributed by atoms with Gasteiger partial charge in [0.2, 0.25) is 0 Å². The van der Waals surface area contributed by atoms with Crippen molar-refractivity contribution in [1.29, 1.82) is 0 Å². The second kappa shape index (κ2) is 5.05. The maximum atomic E-state index is 11.6. The lowest BCUT2D eigenvalue weighted by Gasteiger charge is -2.24. The average molecular weight is 284 g/mol. The molecular formula is C13H16O7. The highest BCUT2D eigenvalue weighted by molar-refractivity contribution is 5.78. The second-order valence-corrected chi connectivity index (χ2v) is 5.24. The summed E-state index contributed by atoms with van der Waals surface area (Å²) in [5, 5.41) is 0. The van der Waals surface area contributed by atoms with E-state index in [0.29, 0.717) is 13.0 Å². The van der Waals surface area contributed by atoms with Crippen LogP contribution < -0.4 is 0 Å². The minimum atomic E-state index is -0.615. The minimum Gasteiger partial charge on any atom is -0.465 e. The van der Waals surface area contributed by atoms with Crippen LogP contribution in [-0.4, -0.2) is 49.4 Å². The first-order valence-electron chi connectivity index (χ1n) is 6.77. The topological polar surface area (TPSA) is 88.1 Å². The molecule has 0 aliphatic carbocycles. The van der Waals surface area contributed by atoms with Crippen molar-refractivity contribution in [2.45, 2.75) is 38.1 Å². The molecule has 2 bridgehead atoms. The Balaban J connectivity index is 1.54. The van der Waals surface area contributed by atoms with Gasteiger partial charge in [-0.2, -0.15) is 0 Å². The van der Waals surface area contributed by atoms with Gasteiger partial charge in [0.15, 0.2) is 6.61 Å². The van der Waals surface area contributed by atoms with Gasteiger partial charge in [-0.05, 0) is 0 Å². The number of fused-ring (bicyclic) bond motifs is 5. The smallest absolute Gasteiger partial charge is 0.344 e. The maximum absolute atomic E-state index is 11.6. The van der Waals surface area contributed by atoms with Crippen molar-refractivity contribution in [3.63, 3.8) is 0 Å². The van der Waals surface area contributed by atoms with Crippen molar-refractivity contribution in [2.24, 2.45) is 11.8 Å². The second-order valence-electron chi connectivity index (χ2n) is 5.24. The molecule has 110 valence electrons. The third-order valence-electron chi connectivity index (χ3n) is 4.07. The van der Waals surface area contributed by atoms with Gasteiger partial charge in [-0.3, -0.25) is 9.59 Å². The first-order chi connectivity index (χ1) is 9.60. The highest BCUT2D eigenvalue weighted by Crippen LogP contribution is 2.48. The average Bonchev–Trinajstić information content (AvgIpc) is 3.09. The van der Waals surface area contributed by atoms with E-state index in [1.807, 2.05) is 0 Å². The number of cyclic esters (lactones) is 1. The normalized spacial score (nSPS) is 37.5. The van der Waals surface area contributed by atoms with Crippen molar-refractivity contribution in [3.05, 3.63) is 0 Å². The Morgan fingerprint density at radius 1 is 1.35 bits per heavy atom. The lowest BCUT2D eigenvalue weighted by Crippen LogP contribution is -2.40. The van der Waals surface area contributed by atoms with Crippen LogP contribution in [0.2, 0.25) is 0 Å². The number of ether oxygens (including phenoxy) is 4. The monoisotopic (exact) mass is 284 g/mol. The molecule has 3 aliphatic heterocycles. The number of hydrogen-bond acceptors (Lipinski definition) is 7. The molecule has 0 radical (unpaired) electrons. The van der Waals surface area contributed by atoms with Gasteiger partial charge in [0.25, 0.3) is 0 Å². The summed E-state index contributed by atoms with van der Waals surface area (Å²) in [6.07, 6.45) is -0.200. The van der Waals surface area contributed by atoms with Gasteiger partial charge >= 0.3 is 17.9 Å². The van der Waals surface area contributed by atoms with E-state index < -0.39 is 30.8 Å². The molecular weight excluding hydrogens is 268 g/mol. The summed E-state index contributed by atoms with van der Waals surface area (Å²) in [6, 6.07) is 0. The Bertz CT molecular complexity index is 446. The number of carbonyl (C=O) groups is 3. The first kappa shape index (κ1) is 13.4.